The van der Waals surface area contributed by atoms with Crippen LogP contribution in [0, 0.1) is 35.0 Å². The van der Waals surface area contributed by atoms with E-state index in [1.165, 1.54) is 6.07 Å². The molecule has 1 unspecified atom stereocenters. The highest BCUT2D eigenvalue weighted by molar-refractivity contribution is 5.40. The van der Waals surface area contributed by atoms with E-state index in [2.05, 4.69) is 4.74 Å². The lowest BCUT2D eigenvalue weighted by atomic mass is 9.74. The third-order valence-corrected chi connectivity index (χ3v) is 8.95. The molecule has 0 aliphatic heterocycles. The summed E-state index contributed by atoms with van der Waals surface area (Å²) in [6, 6.07) is 8.39. The van der Waals surface area contributed by atoms with Crippen molar-refractivity contribution in [2.75, 3.05) is 0 Å². The number of hydrogen-bond acceptors (Lipinski definition) is 1. The topological polar surface area (TPSA) is 9.23 Å². The molecule has 0 bridgehead atoms. The Kier molecular flexibility index (Phi) is 8.86. The average Bonchev–Trinajstić information content (AvgIpc) is 2.94. The zero-order valence-corrected chi connectivity index (χ0v) is 23.2. The Bertz CT molecular complexity index is 1420. The molecular formula is C33H32F8O. The number of alkyl halides is 3. The minimum Gasteiger partial charge on any atom is -0.399 e. The molecule has 0 spiro atoms. The van der Waals surface area contributed by atoms with Crippen molar-refractivity contribution in [3.05, 3.63) is 98.9 Å². The van der Waals surface area contributed by atoms with Gasteiger partial charge < -0.3 is 4.74 Å². The molecule has 2 aliphatic rings. The van der Waals surface area contributed by atoms with Gasteiger partial charge in [-0.05, 0) is 134 Å². The van der Waals surface area contributed by atoms with Gasteiger partial charge in [0.1, 0.15) is 17.5 Å². The molecule has 226 valence electrons. The molecule has 0 saturated heterocycles. The van der Waals surface area contributed by atoms with Crippen LogP contribution in [0.25, 0.3) is 0 Å². The van der Waals surface area contributed by atoms with Crippen molar-refractivity contribution in [2.45, 2.75) is 89.3 Å². The molecule has 0 N–H and O–H groups in total. The smallest absolute Gasteiger partial charge is 0.399 e. The van der Waals surface area contributed by atoms with Crippen molar-refractivity contribution in [3.8, 4) is 5.75 Å². The molecule has 1 nitrogen and oxygen atoms in total. The van der Waals surface area contributed by atoms with Gasteiger partial charge in [0.05, 0.1) is 0 Å². The monoisotopic (exact) mass is 596 g/mol. The highest BCUT2D eigenvalue weighted by Gasteiger charge is 2.35. The van der Waals surface area contributed by atoms with E-state index in [1.54, 1.807) is 6.07 Å². The molecule has 2 aliphatic carbocycles. The largest absolute Gasteiger partial charge is 0.573 e. The molecule has 0 radical (unpaired) electrons. The van der Waals surface area contributed by atoms with Crippen LogP contribution in [0.5, 0.6) is 5.75 Å². The second-order valence-electron chi connectivity index (χ2n) is 11.6. The van der Waals surface area contributed by atoms with Crippen LogP contribution in [0.2, 0.25) is 0 Å². The Morgan fingerprint density at radius 2 is 1.45 bits per heavy atom. The predicted molar refractivity (Wildman–Crippen MR) is 143 cm³/mol. The number of benzene rings is 3. The van der Waals surface area contributed by atoms with Gasteiger partial charge in [0.15, 0.2) is 11.6 Å². The first kappa shape index (κ1) is 30.4. The molecule has 1 fully saturated rings. The third-order valence-electron chi connectivity index (χ3n) is 8.95. The summed E-state index contributed by atoms with van der Waals surface area (Å²) in [5.41, 5.74) is 2.98. The van der Waals surface area contributed by atoms with Crippen LogP contribution < -0.4 is 4.74 Å². The first-order valence-corrected chi connectivity index (χ1v) is 14.4. The molecule has 42 heavy (non-hydrogen) atoms. The van der Waals surface area contributed by atoms with Crippen LogP contribution in [0.1, 0.15) is 90.7 Å². The molecule has 1 saturated carbocycles. The van der Waals surface area contributed by atoms with E-state index >= 15 is 8.78 Å². The van der Waals surface area contributed by atoms with Crippen molar-refractivity contribution in [1.82, 2.24) is 0 Å². The fourth-order valence-electron chi connectivity index (χ4n) is 6.68. The van der Waals surface area contributed by atoms with Gasteiger partial charge in [-0.15, -0.1) is 13.2 Å². The fourth-order valence-corrected chi connectivity index (χ4v) is 6.68. The Morgan fingerprint density at radius 1 is 0.786 bits per heavy atom. The lowest BCUT2D eigenvalue weighted by Gasteiger charge is -2.32. The van der Waals surface area contributed by atoms with E-state index in [-0.39, 0.29) is 28.8 Å². The molecular weight excluding hydrogens is 564 g/mol. The summed E-state index contributed by atoms with van der Waals surface area (Å²) >= 11 is 0. The summed E-state index contributed by atoms with van der Waals surface area (Å²) in [5, 5.41) is 0. The summed E-state index contributed by atoms with van der Waals surface area (Å²) in [6.07, 6.45) is 0.0106. The van der Waals surface area contributed by atoms with E-state index in [0.29, 0.717) is 61.6 Å². The van der Waals surface area contributed by atoms with Crippen LogP contribution in [0.15, 0.2) is 36.4 Å². The lowest BCUT2D eigenvalue weighted by Crippen LogP contribution is -2.21. The summed E-state index contributed by atoms with van der Waals surface area (Å²) in [6.45, 7) is 1.97. The van der Waals surface area contributed by atoms with Gasteiger partial charge in [0.25, 0.3) is 0 Å². The quantitative estimate of drug-likeness (QED) is 0.247. The maximum Gasteiger partial charge on any atom is 0.573 e. The molecule has 1 atom stereocenters. The molecule has 9 heteroatoms. The number of hydrogen-bond donors (Lipinski definition) is 0. The Hall–Kier alpha value is -3.10. The maximum atomic E-state index is 15.7. The van der Waals surface area contributed by atoms with Gasteiger partial charge in [0.2, 0.25) is 5.75 Å². The van der Waals surface area contributed by atoms with Gasteiger partial charge >= 0.3 is 6.36 Å². The molecule has 0 heterocycles. The van der Waals surface area contributed by atoms with Gasteiger partial charge in [-0.3, -0.25) is 0 Å². The number of fused-ring (bicyclic) bond motifs is 1. The van der Waals surface area contributed by atoms with E-state index < -0.39 is 41.3 Å². The Morgan fingerprint density at radius 3 is 2.07 bits per heavy atom. The zero-order valence-electron chi connectivity index (χ0n) is 23.2. The lowest BCUT2D eigenvalue weighted by molar-refractivity contribution is -0.276. The summed E-state index contributed by atoms with van der Waals surface area (Å²) < 4.78 is 115. The van der Waals surface area contributed by atoms with Crippen LogP contribution in [-0.4, -0.2) is 6.36 Å². The van der Waals surface area contributed by atoms with E-state index in [4.69, 9.17) is 0 Å². The third kappa shape index (κ3) is 6.60. The van der Waals surface area contributed by atoms with Gasteiger partial charge in [0, 0.05) is 5.56 Å². The second kappa shape index (κ2) is 12.3. The van der Waals surface area contributed by atoms with Crippen molar-refractivity contribution in [2.24, 2.45) is 5.92 Å². The van der Waals surface area contributed by atoms with E-state index in [0.717, 1.165) is 37.0 Å². The Balaban J connectivity index is 1.23. The normalized spacial score (nSPS) is 20.8. The SMILES string of the molecule is CCc1ccc(CCC2CCc3c(cc(F)c(C4CCC(c5cc(F)c(OC(F)(F)F)c(F)c5)CC4)c3F)C2)c(F)c1. The van der Waals surface area contributed by atoms with E-state index in [9.17, 15) is 26.3 Å². The van der Waals surface area contributed by atoms with Crippen LogP contribution >= 0.6 is 0 Å². The number of aryl methyl sites for hydroxylation is 2. The summed E-state index contributed by atoms with van der Waals surface area (Å²) in [5.74, 6) is -6.35. The van der Waals surface area contributed by atoms with E-state index in [1.807, 2.05) is 19.1 Å². The van der Waals surface area contributed by atoms with Crippen LogP contribution in [-0.2, 0) is 25.7 Å². The summed E-state index contributed by atoms with van der Waals surface area (Å²) in [7, 11) is 0. The first-order valence-electron chi connectivity index (χ1n) is 14.4. The fraction of sp³-hybridized carbons (Fsp3) is 0.455. The minimum absolute atomic E-state index is 0.0371. The second-order valence-corrected chi connectivity index (χ2v) is 11.6. The minimum atomic E-state index is -5.23. The average molecular weight is 597 g/mol. The van der Waals surface area contributed by atoms with Crippen LogP contribution in [0.4, 0.5) is 35.1 Å². The Labute approximate surface area is 239 Å². The molecule has 0 amide bonds. The first-order chi connectivity index (χ1) is 19.9. The van der Waals surface area contributed by atoms with Gasteiger partial charge in [-0.25, -0.2) is 22.0 Å². The number of ether oxygens (including phenoxy) is 1. The van der Waals surface area contributed by atoms with Crippen LogP contribution in [0.3, 0.4) is 0 Å². The molecule has 5 rings (SSSR count). The molecule has 3 aromatic rings. The highest BCUT2D eigenvalue weighted by Crippen LogP contribution is 2.45. The van der Waals surface area contributed by atoms with Crippen molar-refractivity contribution >= 4 is 0 Å². The van der Waals surface area contributed by atoms with Crippen molar-refractivity contribution in [1.29, 1.82) is 0 Å². The van der Waals surface area contributed by atoms with Gasteiger partial charge in [-0.1, -0.05) is 19.1 Å². The number of halogens is 8. The predicted octanol–water partition coefficient (Wildman–Crippen LogP) is 10.0. The highest BCUT2D eigenvalue weighted by atomic mass is 19.4. The van der Waals surface area contributed by atoms with Crippen molar-refractivity contribution in [3.63, 3.8) is 0 Å². The summed E-state index contributed by atoms with van der Waals surface area (Å²) in [4.78, 5) is 0. The standard InChI is InChI=1S/C33H32F8O/c1-2-18-3-6-21(26(34)14-18)7-4-19-5-12-25-24(13-19)17-27(35)30(31(25)38)22-10-8-20(9-11-22)23-15-28(36)32(29(37)16-23)42-33(39,40)41/h3,6,14-17,19-20,22H,2,4-5,7-13H2,1H3. The number of rotatable bonds is 7. The maximum absolute atomic E-state index is 15.7. The zero-order chi connectivity index (χ0) is 30.2. The van der Waals surface area contributed by atoms with Crippen molar-refractivity contribution < 1.29 is 39.9 Å². The van der Waals surface area contributed by atoms with Gasteiger partial charge in [-0.2, -0.15) is 0 Å². The molecule has 0 aromatic heterocycles. The molecule has 3 aromatic carbocycles.